The zero-order chi connectivity index (χ0) is 25.3. The first-order valence-corrected chi connectivity index (χ1v) is 13.1. The lowest BCUT2D eigenvalue weighted by Gasteiger charge is -2.22. The van der Waals surface area contributed by atoms with Crippen LogP contribution in [0, 0.1) is 0 Å². The zero-order valence-electron chi connectivity index (χ0n) is 20.6. The molecule has 0 fully saturated rings. The van der Waals surface area contributed by atoms with Crippen LogP contribution in [0.2, 0.25) is 0 Å². The summed E-state index contributed by atoms with van der Waals surface area (Å²) in [6, 6.07) is 7.86. The Hall–Kier alpha value is -2.99. The van der Waals surface area contributed by atoms with Crippen LogP contribution in [0.15, 0.2) is 30.3 Å². The van der Waals surface area contributed by atoms with Crippen LogP contribution in [0.3, 0.4) is 0 Å². The topological polar surface area (TPSA) is 97.4 Å². The molecule has 9 heteroatoms. The molecule has 0 aliphatic rings. The number of hydrogen-bond acceptors (Lipinski definition) is 8. The van der Waals surface area contributed by atoms with Gasteiger partial charge in [0.25, 0.3) is 0 Å². The lowest BCUT2D eigenvalue weighted by molar-refractivity contribution is 0.103. The molecule has 0 aliphatic carbocycles. The highest BCUT2D eigenvalue weighted by Gasteiger charge is 2.45. The lowest BCUT2D eigenvalue weighted by Crippen LogP contribution is -2.17. The molecular weight excluding hydrogens is 459 g/mol. The molecule has 0 spiro atoms. The molecule has 34 heavy (non-hydrogen) atoms. The second kappa shape index (κ2) is 12.5. The fraction of sp³-hybridized carbons (Fsp3) is 0.440. The molecule has 0 aliphatic heterocycles. The van der Waals surface area contributed by atoms with Crippen molar-refractivity contribution in [3.05, 3.63) is 41.5 Å². The van der Waals surface area contributed by atoms with E-state index in [1.54, 1.807) is 32.0 Å². The van der Waals surface area contributed by atoms with Gasteiger partial charge < -0.3 is 28.2 Å². The first kappa shape index (κ1) is 27.3. The molecule has 2 aromatic carbocycles. The van der Waals surface area contributed by atoms with Gasteiger partial charge in [-0.3, -0.25) is 9.59 Å². The van der Waals surface area contributed by atoms with Gasteiger partial charge in [0.15, 0.2) is 0 Å². The van der Waals surface area contributed by atoms with Crippen molar-refractivity contribution in [2.75, 3.05) is 40.7 Å². The van der Waals surface area contributed by atoms with Gasteiger partial charge in [0.1, 0.15) is 39.9 Å². The molecular formula is C25H33O8P. The van der Waals surface area contributed by atoms with Gasteiger partial charge >= 0.3 is 0 Å². The Morgan fingerprint density at radius 3 is 1.62 bits per heavy atom. The smallest absolute Gasteiger partial charge is 0.236 e. The van der Waals surface area contributed by atoms with E-state index in [9.17, 15) is 14.2 Å². The van der Waals surface area contributed by atoms with Crippen LogP contribution in [-0.4, -0.2) is 51.8 Å². The standard InChI is InChI=1S/C25H33O8P/c1-7-10-14-34(28,24(26)22-18(32-8-2)12-11-13-19(22)33-9-3)25(27)23-20(30-5)15-17(29-4)16-21(23)31-6/h11-13,15-16H,7-10,14H2,1-6H3. The van der Waals surface area contributed by atoms with E-state index in [1.165, 1.54) is 33.5 Å². The van der Waals surface area contributed by atoms with Gasteiger partial charge in [-0.25, -0.2) is 0 Å². The van der Waals surface area contributed by atoms with Crippen molar-refractivity contribution >= 4 is 18.2 Å². The predicted molar refractivity (Wildman–Crippen MR) is 131 cm³/mol. The second-order valence-electron chi connectivity index (χ2n) is 7.33. The second-order valence-corrected chi connectivity index (χ2v) is 10.1. The zero-order valence-corrected chi connectivity index (χ0v) is 21.5. The largest absolute Gasteiger partial charge is 0.496 e. The minimum absolute atomic E-state index is 0.00503. The summed E-state index contributed by atoms with van der Waals surface area (Å²) in [7, 11) is 0.0109. The number of carbonyl (C=O) groups is 2. The highest BCUT2D eigenvalue weighted by Crippen LogP contribution is 2.57. The summed E-state index contributed by atoms with van der Waals surface area (Å²) in [5.41, 5.74) is -1.70. The predicted octanol–water partition coefficient (Wildman–Crippen LogP) is 5.65. The molecule has 1 atom stereocenters. The van der Waals surface area contributed by atoms with E-state index >= 15 is 0 Å². The van der Waals surface area contributed by atoms with Crippen LogP contribution in [0.5, 0.6) is 28.7 Å². The van der Waals surface area contributed by atoms with Crippen LogP contribution in [0.25, 0.3) is 0 Å². The fourth-order valence-electron chi connectivity index (χ4n) is 3.53. The number of rotatable bonds is 14. The molecule has 8 nitrogen and oxygen atoms in total. The summed E-state index contributed by atoms with van der Waals surface area (Å²) in [5.74, 6) is 1.04. The quantitative estimate of drug-likeness (QED) is 0.312. The highest BCUT2D eigenvalue weighted by atomic mass is 31.2. The average Bonchev–Trinajstić information content (AvgIpc) is 2.86. The third-order valence-electron chi connectivity index (χ3n) is 5.21. The fourth-order valence-corrected chi connectivity index (χ4v) is 6.04. The van der Waals surface area contributed by atoms with Gasteiger partial charge in [0.2, 0.25) is 18.2 Å². The average molecular weight is 493 g/mol. The third kappa shape index (κ3) is 5.55. The van der Waals surface area contributed by atoms with E-state index in [4.69, 9.17) is 23.7 Å². The van der Waals surface area contributed by atoms with Crippen molar-refractivity contribution in [3.63, 3.8) is 0 Å². The van der Waals surface area contributed by atoms with Crippen molar-refractivity contribution in [3.8, 4) is 28.7 Å². The van der Waals surface area contributed by atoms with E-state index in [0.29, 0.717) is 18.6 Å². The molecule has 0 N–H and O–H groups in total. The minimum Gasteiger partial charge on any atom is -0.496 e. The van der Waals surface area contributed by atoms with Gasteiger partial charge in [0.05, 0.1) is 34.5 Å². The van der Waals surface area contributed by atoms with E-state index in [2.05, 4.69) is 0 Å². The maximum atomic E-state index is 14.4. The van der Waals surface area contributed by atoms with Gasteiger partial charge in [0, 0.05) is 18.3 Å². The van der Waals surface area contributed by atoms with Crippen LogP contribution in [0.4, 0.5) is 0 Å². The minimum atomic E-state index is -4.21. The van der Waals surface area contributed by atoms with Crippen molar-refractivity contribution in [1.29, 1.82) is 0 Å². The van der Waals surface area contributed by atoms with Crippen molar-refractivity contribution in [2.24, 2.45) is 0 Å². The Kier molecular flexibility index (Phi) is 9.99. The Bertz CT molecular complexity index is 1010. The Morgan fingerprint density at radius 1 is 0.765 bits per heavy atom. The molecule has 2 aromatic rings. The molecule has 1 unspecified atom stereocenters. The summed E-state index contributed by atoms with van der Waals surface area (Å²) in [6.45, 7) is 6.01. The number of carbonyl (C=O) groups excluding carboxylic acids is 2. The number of unbranched alkanes of at least 4 members (excludes halogenated alkanes) is 1. The van der Waals surface area contributed by atoms with Crippen molar-refractivity contribution in [2.45, 2.75) is 33.6 Å². The van der Waals surface area contributed by atoms with Crippen LogP contribution < -0.4 is 23.7 Å². The molecule has 0 aromatic heterocycles. The maximum Gasteiger partial charge on any atom is 0.236 e. The molecule has 2 rings (SSSR count). The van der Waals surface area contributed by atoms with E-state index in [-0.39, 0.29) is 53.5 Å². The Labute approximate surface area is 200 Å². The summed E-state index contributed by atoms with van der Waals surface area (Å²) < 4.78 is 41.8. The van der Waals surface area contributed by atoms with Crippen LogP contribution in [-0.2, 0) is 4.57 Å². The first-order valence-electron chi connectivity index (χ1n) is 11.2. The third-order valence-corrected chi connectivity index (χ3v) is 7.92. The van der Waals surface area contributed by atoms with E-state index in [1.807, 2.05) is 6.92 Å². The van der Waals surface area contributed by atoms with Gasteiger partial charge in [-0.2, -0.15) is 0 Å². The van der Waals surface area contributed by atoms with Gasteiger partial charge in [-0.1, -0.05) is 19.4 Å². The number of hydrogen-bond donors (Lipinski definition) is 0. The molecule has 0 bridgehead atoms. The first-order chi connectivity index (χ1) is 16.3. The molecule has 0 saturated carbocycles. The molecule has 0 radical (unpaired) electrons. The van der Waals surface area contributed by atoms with Gasteiger partial charge in [-0.05, 0) is 32.4 Å². The normalized spacial score (nSPS) is 12.4. The number of methoxy groups -OCH3 is 3. The summed E-state index contributed by atoms with van der Waals surface area (Å²) in [4.78, 5) is 27.9. The summed E-state index contributed by atoms with van der Waals surface area (Å²) >= 11 is 0. The monoisotopic (exact) mass is 492 g/mol. The van der Waals surface area contributed by atoms with Crippen LogP contribution in [0.1, 0.15) is 54.3 Å². The molecule has 0 heterocycles. The maximum absolute atomic E-state index is 14.4. The summed E-state index contributed by atoms with van der Waals surface area (Å²) in [5, 5.41) is 0. The summed E-state index contributed by atoms with van der Waals surface area (Å²) in [6.07, 6.45) is 0.953. The Balaban J connectivity index is 2.77. The highest BCUT2D eigenvalue weighted by molar-refractivity contribution is 7.95. The molecule has 0 saturated heterocycles. The lowest BCUT2D eigenvalue weighted by atomic mass is 10.2. The number of ether oxygens (including phenoxy) is 5. The number of benzene rings is 2. The molecule has 0 amide bonds. The van der Waals surface area contributed by atoms with Crippen molar-refractivity contribution in [1.82, 2.24) is 0 Å². The van der Waals surface area contributed by atoms with Gasteiger partial charge in [-0.15, -0.1) is 0 Å². The van der Waals surface area contributed by atoms with Crippen LogP contribution >= 0.6 is 7.14 Å². The van der Waals surface area contributed by atoms with Crippen molar-refractivity contribution < 1.29 is 37.8 Å². The van der Waals surface area contributed by atoms with E-state index < -0.39 is 18.2 Å². The SMILES string of the molecule is CCCCP(=O)(C(=O)c1c(OC)cc(OC)cc1OC)C(=O)c1c(OCC)cccc1OCC. The van der Waals surface area contributed by atoms with E-state index in [0.717, 1.165) is 0 Å². The Morgan fingerprint density at radius 2 is 1.24 bits per heavy atom. The molecule has 186 valence electrons.